The van der Waals surface area contributed by atoms with Crippen LogP contribution >= 0.6 is 0 Å². The van der Waals surface area contributed by atoms with Gasteiger partial charge in [-0.3, -0.25) is 14.5 Å². The average Bonchev–Trinajstić information content (AvgIpc) is 2.88. The third-order valence-electron chi connectivity index (χ3n) is 6.69. The number of anilines is 1. The van der Waals surface area contributed by atoms with E-state index in [-0.39, 0.29) is 30.7 Å². The first kappa shape index (κ1) is 26.3. The second kappa shape index (κ2) is 11.5. The van der Waals surface area contributed by atoms with Crippen molar-refractivity contribution in [2.24, 2.45) is 5.73 Å². The molecule has 1 heterocycles. The van der Waals surface area contributed by atoms with Crippen LogP contribution in [0.5, 0.6) is 5.75 Å². The van der Waals surface area contributed by atoms with Crippen LogP contribution in [0.15, 0.2) is 42.5 Å². The van der Waals surface area contributed by atoms with Crippen LogP contribution in [0.2, 0.25) is 0 Å². The molecule has 2 fully saturated rings. The van der Waals surface area contributed by atoms with Gasteiger partial charge in [0.05, 0.1) is 7.11 Å². The minimum atomic E-state index is -1.31. The molecular formula is C26H31F2N5O4. The van der Waals surface area contributed by atoms with Gasteiger partial charge >= 0.3 is 6.03 Å². The summed E-state index contributed by atoms with van der Waals surface area (Å²) < 4.78 is 32.9. The van der Waals surface area contributed by atoms with Crippen LogP contribution in [0, 0.1) is 11.6 Å². The molecule has 1 atom stereocenters. The lowest BCUT2D eigenvalue weighted by Gasteiger charge is -2.43. The van der Waals surface area contributed by atoms with E-state index in [9.17, 15) is 23.2 Å². The number of hydrogen-bond acceptors (Lipinski definition) is 5. The molecule has 2 aromatic rings. The van der Waals surface area contributed by atoms with Gasteiger partial charge in [0, 0.05) is 48.6 Å². The zero-order valence-electron chi connectivity index (χ0n) is 20.6. The highest BCUT2D eigenvalue weighted by Gasteiger charge is 2.41. The Labute approximate surface area is 213 Å². The molecule has 9 nitrogen and oxygen atoms in total. The molecule has 37 heavy (non-hydrogen) atoms. The number of methoxy groups -OCH3 is 1. The predicted molar refractivity (Wildman–Crippen MR) is 133 cm³/mol. The van der Waals surface area contributed by atoms with E-state index in [0.717, 1.165) is 25.0 Å². The van der Waals surface area contributed by atoms with Gasteiger partial charge in [-0.2, -0.15) is 0 Å². The van der Waals surface area contributed by atoms with E-state index in [4.69, 9.17) is 10.5 Å². The highest BCUT2D eigenvalue weighted by atomic mass is 19.1. The Kier molecular flexibility index (Phi) is 8.22. The molecule has 1 aliphatic heterocycles. The number of nitrogens with two attached hydrogens (primary N) is 1. The number of benzene rings is 2. The molecule has 0 spiro atoms. The molecular weight excluding hydrogens is 484 g/mol. The average molecular weight is 516 g/mol. The number of nitrogens with zero attached hydrogens (tertiary/aromatic N) is 2. The van der Waals surface area contributed by atoms with Crippen molar-refractivity contribution in [3.8, 4) is 5.75 Å². The van der Waals surface area contributed by atoms with Gasteiger partial charge in [-0.25, -0.2) is 13.6 Å². The molecule has 1 unspecified atom stereocenters. The quantitative estimate of drug-likeness (QED) is 0.566. The zero-order chi connectivity index (χ0) is 26.5. The Morgan fingerprint density at radius 3 is 2.32 bits per heavy atom. The first-order valence-electron chi connectivity index (χ1n) is 12.3. The molecule has 0 aromatic heterocycles. The van der Waals surface area contributed by atoms with Crippen molar-refractivity contribution in [2.75, 3.05) is 25.5 Å². The lowest BCUT2D eigenvalue weighted by molar-refractivity contribution is -0.133. The maximum Gasteiger partial charge on any atom is 0.323 e. The highest BCUT2D eigenvalue weighted by molar-refractivity contribution is 6.00. The summed E-state index contributed by atoms with van der Waals surface area (Å²) in [7, 11) is 1.50. The number of hydrogen-bond donors (Lipinski definition) is 3. The van der Waals surface area contributed by atoms with E-state index in [1.165, 1.54) is 16.9 Å². The van der Waals surface area contributed by atoms with Gasteiger partial charge in [0.1, 0.15) is 17.4 Å². The lowest BCUT2D eigenvalue weighted by Crippen LogP contribution is -2.65. The van der Waals surface area contributed by atoms with Crippen molar-refractivity contribution >= 4 is 23.5 Å². The van der Waals surface area contributed by atoms with Crippen molar-refractivity contribution in [3.63, 3.8) is 0 Å². The smallest absolute Gasteiger partial charge is 0.323 e. The van der Waals surface area contributed by atoms with Crippen LogP contribution in [0.25, 0.3) is 0 Å². The normalized spacial score (nSPS) is 21.8. The molecule has 11 heteroatoms. The molecule has 1 saturated carbocycles. The number of carbonyl (C=O) groups is 3. The summed E-state index contributed by atoms with van der Waals surface area (Å²) >= 11 is 0. The van der Waals surface area contributed by atoms with Crippen molar-refractivity contribution in [1.82, 2.24) is 15.1 Å². The van der Waals surface area contributed by atoms with Crippen LogP contribution in [-0.4, -0.2) is 66.1 Å². The summed E-state index contributed by atoms with van der Waals surface area (Å²) in [6, 6.07) is 8.55. The van der Waals surface area contributed by atoms with Gasteiger partial charge < -0.3 is 26.0 Å². The third kappa shape index (κ3) is 6.34. The van der Waals surface area contributed by atoms with Gasteiger partial charge in [0.15, 0.2) is 6.17 Å². The van der Waals surface area contributed by atoms with Crippen LogP contribution in [0.4, 0.5) is 19.3 Å². The van der Waals surface area contributed by atoms with Gasteiger partial charge in [-0.15, -0.1) is 0 Å². The van der Waals surface area contributed by atoms with Crippen LogP contribution in [0.3, 0.4) is 0 Å². The summed E-state index contributed by atoms with van der Waals surface area (Å²) in [5, 5.41) is 5.71. The number of urea groups is 1. The minimum absolute atomic E-state index is 0.0777. The van der Waals surface area contributed by atoms with Crippen molar-refractivity contribution in [3.05, 3.63) is 59.7 Å². The van der Waals surface area contributed by atoms with E-state index in [0.29, 0.717) is 36.8 Å². The van der Waals surface area contributed by atoms with E-state index in [2.05, 4.69) is 10.6 Å². The number of nitrogens with one attached hydrogen (secondary N) is 2. The maximum absolute atomic E-state index is 13.9. The molecule has 0 bridgehead atoms. The van der Waals surface area contributed by atoms with E-state index in [1.807, 2.05) is 0 Å². The number of halogens is 2. The molecule has 0 radical (unpaired) electrons. The van der Waals surface area contributed by atoms with Crippen LogP contribution in [-0.2, 0) is 4.79 Å². The summed E-state index contributed by atoms with van der Waals surface area (Å²) in [5.74, 6) is -2.57. The number of ether oxygens (including phenoxy) is 1. The topological polar surface area (TPSA) is 117 Å². The molecule has 2 aromatic carbocycles. The van der Waals surface area contributed by atoms with Gasteiger partial charge in [-0.1, -0.05) is 6.07 Å². The number of rotatable bonds is 5. The summed E-state index contributed by atoms with van der Waals surface area (Å²) in [4.78, 5) is 42.8. The Hall–Kier alpha value is -3.73. The van der Waals surface area contributed by atoms with Gasteiger partial charge in [0.25, 0.3) is 11.8 Å². The molecule has 2 aliphatic rings. The lowest BCUT2D eigenvalue weighted by atomic mass is 9.91. The number of amides is 4. The molecule has 1 saturated heterocycles. The van der Waals surface area contributed by atoms with Gasteiger partial charge in [0.2, 0.25) is 0 Å². The third-order valence-corrected chi connectivity index (χ3v) is 6.69. The Balaban J connectivity index is 1.61. The summed E-state index contributed by atoms with van der Waals surface area (Å²) in [6.07, 6.45) is 1.92. The Bertz CT molecular complexity index is 1140. The summed E-state index contributed by atoms with van der Waals surface area (Å²) in [6.45, 7) is 0.332. The Morgan fingerprint density at radius 1 is 0.973 bits per heavy atom. The second-order valence-corrected chi connectivity index (χ2v) is 9.36. The fraction of sp³-hybridized carbons (Fsp3) is 0.423. The van der Waals surface area contributed by atoms with Crippen molar-refractivity contribution in [2.45, 2.75) is 50.4 Å². The number of carbonyl (C=O) groups excluding carboxylic acids is 3. The second-order valence-electron chi connectivity index (χ2n) is 9.36. The van der Waals surface area contributed by atoms with E-state index in [1.54, 1.807) is 24.3 Å². The molecule has 4 rings (SSSR count). The first-order valence-corrected chi connectivity index (χ1v) is 12.3. The van der Waals surface area contributed by atoms with Crippen molar-refractivity contribution in [1.29, 1.82) is 0 Å². The van der Waals surface area contributed by atoms with Crippen LogP contribution in [0.1, 0.15) is 42.5 Å². The maximum atomic E-state index is 13.9. The van der Waals surface area contributed by atoms with Crippen molar-refractivity contribution < 1.29 is 27.9 Å². The fourth-order valence-electron chi connectivity index (χ4n) is 4.81. The zero-order valence-corrected chi connectivity index (χ0v) is 20.6. The monoisotopic (exact) mass is 515 g/mol. The van der Waals surface area contributed by atoms with E-state index < -0.39 is 35.6 Å². The minimum Gasteiger partial charge on any atom is -0.497 e. The largest absolute Gasteiger partial charge is 0.497 e. The molecule has 198 valence electrons. The first-order chi connectivity index (χ1) is 17.7. The van der Waals surface area contributed by atoms with Gasteiger partial charge in [-0.05, 0) is 56.4 Å². The highest BCUT2D eigenvalue weighted by Crippen LogP contribution is 2.24. The van der Waals surface area contributed by atoms with E-state index >= 15 is 0 Å². The standard InChI is InChI=1S/C26H31F2N5O4/c1-37-22-5-2-4-21(15-22)31-26(36)33-11-3-10-32(25(35)16-12-17(27)14-18(28)13-16)24(33)23(34)30-20-8-6-19(29)7-9-20/h2,4-5,12-15,19-20,24H,3,6-11,29H2,1H3,(H,30,34)(H,31,36). The summed E-state index contributed by atoms with van der Waals surface area (Å²) in [5.41, 5.74) is 6.18. The molecule has 1 aliphatic carbocycles. The fourth-order valence-corrected chi connectivity index (χ4v) is 4.81. The predicted octanol–water partition coefficient (Wildman–Crippen LogP) is 3.07. The molecule has 4 N–H and O–H groups in total. The SMILES string of the molecule is COc1cccc(NC(=O)N2CCCN(C(=O)c3cc(F)cc(F)c3)C2C(=O)NC2CCC(N)CC2)c1. The molecule has 4 amide bonds. The Morgan fingerprint density at radius 2 is 1.65 bits per heavy atom. The van der Waals surface area contributed by atoms with Crippen LogP contribution < -0.4 is 21.1 Å².